The Kier molecular flexibility index (Phi) is 3.20. The molecule has 1 heteroatoms. The van der Waals surface area contributed by atoms with Crippen LogP contribution in [0.15, 0.2) is 72.1 Å². The molecule has 2 atom stereocenters. The average Bonchev–Trinajstić information content (AvgIpc) is 3.13. The first kappa shape index (κ1) is 12.4. The van der Waals surface area contributed by atoms with Gasteiger partial charge in [0.05, 0.1) is 0 Å². The van der Waals surface area contributed by atoms with E-state index in [4.69, 9.17) is 0 Å². The van der Waals surface area contributed by atoms with Gasteiger partial charge in [0, 0.05) is 0 Å². The van der Waals surface area contributed by atoms with Crippen molar-refractivity contribution in [3.63, 3.8) is 0 Å². The molecule has 2 bridgehead atoms. The fourth-order valence-electron chi connectivity index (χ4n) is 3.67. The SMILES string of the molecule is C1=C(P(c2ccccc2)c2ccccc2)C2CCC1C2. The summed E-state index contributed by atoms with van der Waals surface area (Å²) in [5.74, 6) is 1.72. The predicted octanol–water partition coefficient (Wildman–Crippen LogP) is 4.43. The summed E-state index contributed by atoms with van der Waals surface area (Å²) in [7, 11) is -0.306. The van der Waals surface area contributed by atoms with Gasteiger partial charge in [-0.15, -0.1) is 0 Å². The van der Waals surface area contributed by atoms with Gasteiger partial charge in [-0.1, -0.05) is 66.7 Å². The number of hydrogen-bond donors (Lipinski definition) is 0. The normalized spacial score (nSPS) is 24.1. The van der Waals surface area contributed by atoms with Crippen LogP contribution in [0.4, 0.5) is 0 Å². The molecule has 0 radical (unpaired) electrons. The van der Waals surface area contributed by atoms with Gasteiger partial charge in [0.2, 0.25) is 0 Å². The van der Waals surface area contributed by atoms with Crippen LogP contribution in [0.1, 0.15) is 19.3 Å². The van der Waals surface area contributed by atoms with E-state index in [-0.39, 0.29) is 7.92 Å². The largest absolute Gasteiger partial charge is 0.0768 e. The van der Waals surface area contributed by atoms with Crippen molar-refractivity contribution in [1.82, 2.24) is 0 Å². The molecule has 0 N–H and O–H groups in total. The van der Waals surface area contributed by atoms with Gasteiger partial charge in [0.1, 0.15) is 0 Å². The van der Waals surface area contributed by atoms with Crippen LogP contribution < -0.4 is 10.6 Å². The molecule has 0 spiro atoms. The summed E-state index contributed by atoms with van der Waals surface area (Å²) in [4.78, 5) is 0. The zero-order chi connectivity index (χ0) is 13.4. The van der Waals surface area contributed by atoms with Gasteiger partial charge in [-0.05, 0) is 54.9 Å². The topological polar surface area (TPSA) is 0 Å². The van der Waals surface area contributed by atoms with E-state index in [0.717, 1.165) is 11.8 Å². The first-order valence-electron chi connectivity index (χ1n) is 7.54. The van der Waals surface area contributed by atoms with E-state index in [1.807, 2.05) is 0 Å². The Morgan fingerprint density at radius 3 is 1.80 bits per heavy atom. The molecule has 100 valence electrons. The Morgan fingerprint density at radius 1 is 0.750 bits per heavy atom. The molecule has 2 aliphatic rings. The van der Waals surface area contributed by atoms with Gasteiger partial charge in [-0.3, -0.25) is 0 Å². The van der Waals surface area contributed by atoms with Gasteiger partial charge in [0.15, 0.2) is 0 Å². The number of rotatable bonds is 3. The second-order valence-corrected chi connectivity index (χ2v) is 8.09. The lowest BCUT2D eigenvalue weighted by atomic mass is 10.1. The minimum Gasteiger partial charge on any atom is -0.0768 e. The van der Waals surface area contributed by atoms with Crippen molar-refractivity contribution < 1.29 is 0 Å². The molecule has 2 aliphatic carbocycles. The third-order valence-corrected chi connectivity index (χ3v) is 7.24. The Morgan fingerprint density at radius 2 is 1.35 bits per heavy atom. The van der Waals surface area contributed by atoms with Crippen LogP contribution in [-0.2, 0) is 0 Å². The van der Waals surface area contributed by atoms with E-state index in [1.165, 1.54) is 29.9 Å². The quantitative estimate of drug-likeness (QED) is 0.728. The fraction of sp³-hybridized carbons (Fsp3) is 0.263. The lowest BCUT2D eigenvalue weighted by molar-refractivity contribution is 0.685. The minimum atomic E-state index is -0.306. The zero-order valence-electron chi connectivity index (χ0n) is 11.6. The van der Waals surface area contributed by atoms with E-state index in [2.05, 4.69) is 66.7 Å². The minimum absolute atomic E-state index is 0.306. The molecule has 2 unspecified atom stereocenters. The maximum atomic E-state index is 2.61. The molecule has 0 aliphatic heterocycles. The van der Waals surface area contributed by atoms with Crippen LogP contribution in [0, 0.1) is 11.8 Å². The summed E-state index contributed by atoms with van der Waals surface area (Å²) in [6.45, 7) is 0. The van der Waals surface area contributed by atoms with Crippen LogP contribution in [-0.4, -0.2) is 0 Å². The maximum absolute atomic E-state index is 2.61. The molecule has 0 amide bonds. The molecule has 0 saturated heterocycles. The summed E-state index contributed by atoms with van der Waals surface area (Å²) in [6, 6.07) is 22.2. The second-order valence-electron chi connectivity index (χ2n) is 5.87. The highest BCUT2D eigenvalue weighted by Gasteiger charge is 2.37. The van der Waals surface area contributed by atoms with E-state index >= 15 is 0 Å². The van der Waals surface area contributed by atoms with Crippen molar-refractivity contribution in [2.24, 2.45) is 11.8 Å². The standard InChI is InChI=1S/C19H19P/c1-3-7-17(8-4-1)20(18-9-5-2-6-10-18)19-14-15-11-12-16(19)13-15/h1-10,14-16H,11-13H2. The highest BCUT2D eigenvalue weighted by molar-refractivity contribution is 7.76. The lowest BCUT2D eigenvalue weighted by Crippen LogP contribution is -2.15. The van der Waals surface area contributed by atoms with Gasteiger partial charge in [-0.2, -0.15) is 0 Å². The summed E-state index contributed by atoms with van der Waals surface area (Å²) < 4.78 is 0. The van der Waals surface area contributed by atoms with Crippen LogP contribution in [0.2, 0.25) is 0 Å². The third-order valence-electron chi connectivity index (χ3n) is 4.58. The van der Waals surface area contributed by atoms with E-state index in [1.54, 1.807) is 5.31 Å². The van der Waals surface area contributed by atoms with Gasteiger partial charge < -0.3 is 0 Å². The van der Waals surface area contributed by atoms with Crippen LogP contribution in [0.3, 0.4) is 0 Å². The van der Waals surface area contributed by atoms with Crippen molar-refractivity contribution >= 4 is 18.5 Å². The summed E-state index contributed by atoms with van der Waals surface area (Å²) in [5.41, 5.74) is 0. The third kappa shape index (κ3) is 2.13. The van der Waals surface area contributed by atoms with Gasteiger partial charge >= 0.3 is 0 Å². The summed E-state index contributed by atoms with van der Waals surface area (Å²) in [5, 5.41) is 4.76. The zero-order valence-corrected chi connectivity index (χ0v) is 12.5. The van der Waals surface area contributed by atoms with Crippen molar-refractivity contribution in [3.05, 3.63) is 72.1 Å². The first-order chi connectivity index (χ1) is 9.92. The number of hydrogen-bond acceptors (Lipinski definition) is 0. The first-order valence-corrected chi connectivity index (χ1v) is 8.88. The molecule has 2 aromatic rings. The van der Waals surface area contributed by atoms with E-state index < -0.39 is 0 Å². The van der Waals surface area contributed by atoms with E-state index in [9.17, 15) is 0 Å². The Bertz CT molecular complexity index is 575. The molecular weight excluding hydrogens is 259 g/mol. The Hall–Kier alpha value is -1.39. The highest BCUT2D eigenvalue weighted by Crippen LogP contribution is 2.57. The smallest absolute Gasteiger partial charge is 0.0148 e. The maximum Gasteiger partial charge on any atom is -0.0148 e. The number of fused-ring (bicyclic) bond motifs is 2. The number of benzene rings is 2. The average molecular weight is 278 g/mol. The van der Waals surface area contributed by atoms with Gasteiger partial charge in [0.25, 0.3) is 0 Å². The molecule has 0 nitrogen and oxygen atoms in total. The Balaban J connectivity index is 1.80. The molecule has 0 aromatic heterocycles. The molecule has 4 rings (SSSR count). The van der Waals surface area contributed by atoms with Crippen LogP contribution >= 0.6 is 7.92 Å². The van der Waals surface area contributed by atoms with Crippen molar-refractivity contribution in [3.8, 4) is 0 Å². The predicted molar refractivity (Wildman–Crippen MR) is 88.0 cm³/mol. The number of allylic oxidation sites excluding steroid dienone is 2. The molecule has 1 saturated carbocycles. The molecule has 0 heterocycles. The molecular formula is C19H19P. The molecule has 20 heavy (non-hydrogen) atoms. The Labute approximate surface area is 122 Å². The summed E-state index contributed by atoms with van der Waals surface area (Å²) >= 11 is 0. The van der Waals surface area contributed by atoms with Crippen molar-refractivity contribution in [1.29, 1.82) is 0 Å². The second kappa shape index (κ2) is 5.19. The van der Waals surface area contributed by atoms with Crippen molar-refractivity contribution in [2.45, 2.75) is 19.3 Å². The van der Waals surface area contributed by atoms with Gasteiger partial charge in [-0.25, -0.2) is 0 Å². The highest BCUT2D eigenvalue weighted by atomic mass is 31.1. The fourth-order valence-corrected chi connectivity index (χ4v) is 6.47. The van der Waals surface area contributed by atoms with Crippen molar-refractivity contribution in [2.75, 3.05) is 0 Å². The lowest BCUT2D eigenvalue weighted by Gasteiger charge is -2.25. The summed E-state index contributed by atoms with van der Waals surface area (Å²) in [6.07, 6.45) is 6.85. The van der Waals surface area contributed by atoms with Crippen LogP contribution in [0.5, 0.6) is 0 Å². The van der Waals surface area contributed by atoms with E-state index in [0.29, 0.717) is 0 Å². The molecule has 2 aromatic carbocycles. The van der Waals surface area contributed by atoms with Crippen LogP contribution in [0.25, 0.3) is 0 Å². The monoisotopic (exact) mass is 278 g/mol. The molecule has 1 fully saturated rings.